The average Bonchev–Trinajstić information content (AvgIpc) is 2.42. The van der Waals surface area contributed by atoms with E-state index in [1.54, 1.807) is 0 Å². The molecule has 0 fully saturated rings. The molecule has 0 amide bonds. The number of nitrogens with one attached hydrogen (secondary N) is 1. The van der Waals surface area contributed by atoms with Crippen LogP contribution in [0.2, 0.25) is 5.02 Å². The van der Waals surface area contributed by atoms with Gasteiger partial charge in [-0.15, -0.1) is 0 Å². The molecule has 0 saturated heterocycles. The zero-order valence-corrected chi connectivity index (χ0v) is 13.7. The van der Waals surface area contributed by atoms with Gasteiger partial charge in [0.15, 0.2) is 0 Å². The highest BCUT2D eigenvalue weighted by molar-refractivity contribution is 6.31. The number of rotatable bonds is 9. The lowest BCUT2D eigenvalue weighted by Gasteiger charge is -2.18. The smallest absolute Gasteiger partial charge is 0.121 e. The molecule has 0 aromatic heterocycles. The first-order valence-corrected chi connectivity index (χ1v) is 7.73. The van der Waals surface area contributed by atoms with E-state index in [4.69, 9.17) is 21.1 Å². The molecule has 114 valence electrons. The Morgan fingerprint density at radius 2 is 2.00 bits per heavy atom. The van der Waals surface area contributed by atoms with E-state index in [2.05, 4.69) is 19.2 Å². The normalized spacial score (nSPS) is 14.1. The highest BCUT2D eigenvalue weighted by Gasteiger charge is 2.11. The number of benzene rings is 1. The Morgan fingerprint density at radius 1 is 1.25 bits per heavy atom. The molecule has 1 aromatic carbocycles. The van der Waals surface area contributed by atoms with E-state index in [-0.39, 0.29) is 12.1 Å². The summed E-state index contributed by atoms with van der Waals surface area (Å²) in [6, 6.07) is 6.12. The van der Waals surface area contributed by atoms with Gasteiger partial charge < -0.3 is 14.8 Å². The van der Waals surface area contributed by atoms with Crippen LogP contribution in [-0.2, 0) is 4.74 Å². The molecule has 20 heavy (non-hydrogen) atoms. The van der Waals surface area contributed by atoms with Crippen molar-refractivity contribution < 1.29 is 9.47 Å². The van der Waals surface area contributed by atoms with Crippen LogP contribution in [0, 0.1) is 0 Å². The Morgan fingerprint density at radius 3 is 2.60 bits per heavy atom. The van der Waals surface area contributed by atoms with Crippen molar-refractivity contribution in [2.24, 2.45) is 0 Å². The number of hydrogen-bond acceptors (Lipinski definition) is 3. The molecule has 1 N–H and O–H groups in total. The maximum Gasteiger partial charge on any atom is 0.121 e. The topological polar surface area (TPSA) is 30.5 Å². The molecule has 0 aliphatic carbocycles. The van der Waals surface area contributed by atoms with Crippen molar-refractivity contribution in [3.8, 4) is 5.75 Å². The van der Waals surface area contributed by atoms with Crippen LogP contribution in [0.3, 0.4) is 0 Å². The maximum absolute atomic E-state index is 6.34. The summed E-state index contributed by atoms with van der Waals surface area (Å²) in [4.78, 5) is 0. The Hall–Kier alpha value is -0.770. The molecular weight excluding hydrogens is 274 g/mol. The van der Waals surface area contributed by atoms with E-state index < -0.39 is 0 Å². The van der Waals surface area contributed by atoms with Crippen LogP contribution in [0.1, 0.15) is 45.7 Å². The van der Waals surface area contributed by atoms with Gasteiger partial charge >= 0.3 is 0 Å². The lowest BCUT2D eigenvalue weighted by Crippen LogP contribution is -2.20. The third-order valence-corrected chi connectivity index (χ3v) is 3.36. The summed E-state index contributed by atoms with van der Waals surface area (Å²) < 4.78 is 11.1. The summed E-state index contributed by atoms with van der Waals surface area (Å²) in [6.07, 6.45) is 1.13. The number of halogens is 1. The van der Waals surface area contributed by atoms with Gasteiger partial charge in [0.25, 0.3) is 0 Å². The lowest BCUT2D eigenvalue weighted by molar-refractivity contribution is 0.0657. The molecule has 0 spiro atoms. The van der Waals surface area contributed by atoms with Gasteiger partial charge in [0.05, 0.1) is 6.61 Å². The molecule has 0 saturated carbocycles. The third kappa shape index (κ3) is 5.70. The fraction of sp³-hybridized carbons (Fsp3) is 0.625. The van der Waals surface area contributed by atoms with E-state index >= 15 is 0 Å². The molecule has 2 atom stereocenters. The van der Waals surface area contributed by atoms with Crippen LogP contribution in [0.25, 0.3) is 0 Å². The summed E-state index contributed by atoms with van der Waals surface area (Å²) in [6.45, 7) is 10.5. The zero-order chi connectivity index (χ0) is 15.0. The van der Waals surface area contributed by atoms with Gasteiger partial charge in [0, 0.05) is 17.7 Å². The third-order valence-electron chi connectivity index (χ3n) is 3.03. The van der Waals surface area contributed by atoms with Crippen molar-refractivity contribution in [2.45, 2.75) is 46.3 Å². The van der Waals surface area contributed by atoms with Gasteiger partial charge in [-0.2, -0.15) is 0 Å². The van der Waals surface area contributed by atoms with Crippen LogP contribution in [0.15, 0.2) is 18.2 Å². The van der Waals surface area contributed by atoms with Gasteiger partial charge in [-0.05, 0) is 51.4 Å². The molecule has 0 radical (unpaired) electrons. The zero-order valence-electron chi connectivity index (χ0n) is 12.9. The summed E-state index contributed by atoms with van der Waals surface area (Å²) in [5.41, 5.74) is 1.10. The SMILES string of the molecule is CCCNC(C)c1ccc(OC(C)COCC)cc1Cl. The first-order valence-electron chi connectivity index (χ1n) is 7.35. The second-order valence-corrected chi connectivity index (χ2v) is 5.35. The first kappa shape index (κ1) is 17.3. The van der Waals surface area contributed by atoms with Gasteiger partial charge in [-0.1, -0.05) is 24.6 Å². The Kier molecular flexibility index (Phi) is 7.97. The van der Waals surface area contributed by atoms with Crippen LogP contribution in [0.4, 0.5) is 0 Å². The fourth-order valence-electron chi connectivity index (χ4n) is 1.95. The highest BCUT2D eigenvalue weighted by atomic mass is 35.5. The van der Waals surface area contributed by atoms with Gasteiger partial charge in [-0.3, -0.25) is 0 Å². The number of hydrogen-bond donors (Lipinski definition) is 1. The first-order chi connectivity index (χ1) is 9.58. The van der Waals surface area contributed by atoms with Gasteiger partial charge in [0.1, 0.15) is 11.9 Å². The Balaban J connectivity index is 2.62. The average molecular weight is 300 g/mol. The van der Waals surface area contributed by atoms with Crippen LogP contribution < -0.4 is 10.1 Å². The van der Waals surface area contributed by atoms with Crippen molar-refractivity contribution in [2.75, 3.05) is 19.8 Å². The lowest BCUT2D eigenvalue weighted by atomic mass is 10.1. The minimum absolute atomic E-state index is 0.0208. The molecule has 1 aromatic rings. The number of ether oxygens (including phenoxy) is 2. The van der Waals surface area contributed by atoms with Crippen molar-refractivity contribution in [1.82, 2.24) is 5.32 Å². The highest BCUT2D eigenvalue weighted by Crippen LogP contribution is 2.27. The fourth-order valence-corrected chi connectivity index (χ4v) is 2.29. The van der Waals surface area contributed by atoms with Crippen molar-refractivity contribution >= 4 is 11.6 Å². The predicted molar refractivity (Wildman–Crippen MR) is 84.7 cm³/mol. The molecular formula is C16H26ClNO2. The summed E-state index contributed by atoms with van der Waals surface area (Å²) >= 11 is 6.34. The van der Waals surface area contributed by atoms with E-state index in [1.165, 1.54) is 0 Å². The van der Waals surface area contributed by atoms with E-state index in [1.807, 2.05) is 32.0 Å². The Bertz CT molecular complexity index is 398. The van der Waals surface area contributed by atoms with E-state index in [0.29, 0.717) is 13.2 Å². The van der Waals surface area contributed by atoms with E-state index in [9.17, 15) is 0 Å². The van der Waals surface area contributed by atoms with Gasteiger partial charge in [-0.25, -0.2) is 0 Å². The molecule has 0 heterocycles. The minimum Gasteiger partial charge on any atom is -0.488 e. The summed E-state index contributed by atoms with van der Waals surface area (Å²) in [5.74, 6) is 0.786. The quantitative estimate of drug-likeness (QED) is 0.741. The predicted octanol–water partition coefficient (Wildman–Crippen LogP) is 4.20. The second kappa shape index (κ2) is 9.22. The monoisotopic (exact) mass is 299 g/mol. The molecule has 4 heteroatoms. The molecule has 0 bridgehead atoms. The largest absolute Gasteiger partial charge is 0.488 e. The van der Waals surface area contributed by atoms with Crippen LogP contribution >= 0.6 is 11.6 Å². The summed E-state index contributed by atoms with van der Waals surface area (Å²) in [7, 11) is 0. The van der Waals surface area contributed by atoms with Crippen molar-refractivity contribution in [3.63, 3.8) is 0 Å². The van der Waals surface area contributed by atoms with Crippen LogP contribution in [0.5, 0.6) is 5.75 Å². The maximum atomic E-state index is 6.34. The van der Waals surface area contributed by atoms with Gasteiger partial charge in [0.2, 0.25) is 0 Å². The van der Waals surface area contributed by atoms with Crippen molar-refractivity contribution in [3.05, 3.63) is 28.8 Å². The molecule has 3 nitrogen and oxygen atoms in total. The molecule has 0 aliphatic rings. The minimum atomic E-state index is 0.0208. The summed E-state index contributed by atoms with van der Waals surface area (Å²) in [5, 5.41) is 4.17. The molecule has 0 aliphatic heterocycles. The van der Waals surface area contributed by atoms with Crippen LogP contribution in [-0.4, -0.2) is 25.9 Å². The Labute approximate surface area is 127 Å². The van der Waals surface area contributed by atoms with E-state index in [0.717, 1.165) is 29.3 Å². The second-order valence-electron chi connectivity index (χ2n) is 4.95. The molecule has 1 rings (SSSR count). The molecule has 2 unspecified atom stereocenters. The standard InChI is InChI=1S/C16H26ClNO2/c1-5-9-18-13(4)15-8-7-14(10-16(15)17)20-12(3)11-19-6-2/h7-8,10,12-13,18H,5-6,9,11H2,1-4H3. The van der Waals surface area contributed by atoms with Crippen molar-refractivity contribution in [1.29, 1.82) is 0 Å².